The fraction of sp³-hybridized carbons (Fsp3) is 0.333. The number of nitrogens with zero attached hydrogens (tertiary/aromatic N) is 3. The molecule has 186 valence electrons. The Bertz CT molecular complexity index is 1180. The summed E-state index contributed by atoms with van der Waals surface area (Å²) in [6.07, 6.45) is 4.07. The van der Waals surface area contributed by atoms with Crippen molar-refractivity contribution >= 4 is 23.6 Å². The van der Waals surface area contributed by atoms with Crippen LogP contribution in [0, 0.1) is 0 Å². The molecule has 0 unspecified atom stereocenters. The van der Waals surface area contributed by atoms with Crippen LogP contribution in [-0.2, 0) is 16.1 Å². The van der Waals surface area contributed by atoms with Crippen molar-refractivity contribution in [1.82, 2.24) is 19.8 Å². The molecule has 0 aliphatic heterocycles. The molecule has 2 aromatic heterocycles. The molecule has 3 aromatic rings. The molecule has 1 aromatic carbocycles. The van der Waals surface area contributed by atoms with Crippen LogP contribution in [0.5, 0.6) is 5.75 Å². The molecule has 0 saturated heterocycles. The number of hydrogen-bond acceptors (Lipinski definition) is 6. The zero-order valence-corrected chi connectivity index (χ0v) is 20.4. The minimum atomic E-state index is -0.889. The van der Waals surface area contributed by atoms with Crippen LogP contribution in [0.2, 0.25) is 0 Å². The van der Waals surface area contributed by atoms with E-state index in [1.807, 2.05) is 24.3 Å². The Kier molecular flexibility index (Phi) is 7.80. The number of ether oxygens (including phenoxy) is 2. The lowest BCUT2D eigenvalue weighted by molar-refractivity contribution is -0.118. The molecular weight excluding hydrogens is 452 g/mol. The van der Waals surface area contributed by atoms with Gasteiger partial charge in [-0.15, -0.1) is 0 Å². The molecule has 0 aliphatic carbocycles. The van der Waals surface area contributed by atoms with Crippen LogP contribution in [-0.4, -0.2) is 51.1 Å². The zero-order chi connectivity index (χ0) is 25.6. The predicted molar refractivity (Wildman–Crippen MR) is 130 cm³/mol. The number of rotatable bonds is 8. The quantitative estimate of drug-likeness (QED) is 0.453. The van der Waals surface area contributed by atoms with Crippen LogP contribution in [0.4, 0.5) is 10.5 Å². The first kappa shape index (κ1) is 25.3. The highest BCUT2D eigenvalue weighted by molar-refractivity contribution is 6.03. The van der Waals surface area contributed by atoms with Crippen LogP contribution in [0.15, 0.2) is 55.0 Å². The second kappa shape index (κ2) is 10.8. The predicted octanol–water partition coefficient (Wildman–Crippen LogP) is 2.98. The van der Waals surface area contributed by atoms with Gasteiger partial charge in [0.15, 0.2) is 0 Å². The molecule has 11 heteroatoms. The number of alkyl carbamates (subject to hydrolysis) is 1. The summed E-state index contributed by atoms with van der Waals surface area (Å²) in [4.78, 5) is 37.2. The number of carbonyl (C=O) groups excluding carboxylic acids is 3. The summed E-state index contributed by atoms with van der Waals surface area (Å²) in [5.74, 6) is -0.187. The standard InChI is InChI=1S/C24H30N6O5/c1-16(26-23(33)35-24(2,3)4)21(31)28-30-12-6-7-20(30)22(32)27-18-13-25-29(15-18)14-17-8-10-19(34-5)11-9-17/h6-13,15-16H,14H2,1-5H3,(H,26,33)(H,27,32)(H,28,31)/t16-/m0/s1. The highest BCUT2D eigenvalue weighted by Gasteiger charge is 2.22. The molecule has 0 fully saturated rings. The molecule has 0 saturated carbocycles. The maximum Gasteiger partial charge on any atom is 0.408 e. The molecule has 2 heterocycles. The molecule has 35 heavy (non-hydrogen) atoms. The van der Waals surface area contributed by atoms with Gasteiger partial charge in [0.1, 0.15) is 23.1 Å². The third kappa shape index (κ3) is 7.36. The smallest absolute Gasteiger partial charge is 0.408 e. The Morgan fingerprint density at radius 1 is 1.11 bits per heavy atom. The number of amides is 3. The summed E-state index contributed by atoms with van der Waals surface area (Å²) < 4.78 is 13.3. The molecular formula is C24H30N6O5. The van der Waals surface area contributed by atoms with Gasteiger partial charge in [0.2, 0.25) is 0 Å². The van der Waals surface area contributed by atoms with Gasteiger partial charge in [0, 0.05) is 12.4 Å². The highest BCUT2D eigenvalue weighted by Crippen LogP contribution is 2.14. The minimum Gasteiger partial charge on any atom is -0.497 e. The van der Waals surface area contributed by atoms with Gasteiger partial charge in [-0.25, -0.2) is 4.79 Å². The zero-order valence-electron chi connectivity index (χ0n) is 20.4. The molecule has 11 nitrogen and oxygen atoms in total. The van der Waals surface area contributed by atoms with Gasteiger partial charge in [-0.05, 0) is 57.5 Å². The lowest BCUT2D eigenvalue weighted by Gasteiger charge is -2.22. The highest BCUT2D eigenvalue weighted by atomic mass is 16.6. The summed E-state index contributed by atoms with van der Waals surface area (Å²) >= 11 is 0. The number of methoxy groups -OCH3 is 1. The van der Waals surface area contributed by atoms with Gasteiger partial charge >= 0.3 is 6.09 Å². The van der Waals surface area contributed by atoms with Crippen LogP contribution in [0.3, 0.4) is 0 Å². The largest absolute Gasteiger partial charge is 0.497 e. The van der Waals surface area contributed by atoms with Crippen molar-refractivity contribution in [2.45, 2.75) is 45.9 Å². The second-order valence-electron chi connectivity index (χ2n) is 8.84. The number of nitrogens with one attached hydrogen (secondary N) is 3. The van der Waals surface area contributed by atoms with Crippen molar-refractivity contribution in [3.05, 3.63) is 66.2 Å². The first-order chi connectivity index (χ1) is 16.5. The molecule has 3 N–H and O–H groups in total. The molecule has 0 aliphatic rings. The Balaban J connectivity index is 1.57. The maximum absolute atomic E-state index is 12.8. The van der Waals surface area contributed by atoms with E-state index in [0.29, 0.717) is 12.2 Å². The van der Waals surface area contributed by atoms with E-state index in [0.717, 1.165) is 11.3 Å². The first-order valence-corrected chi connectivity index (χ1v) is 11.0. The Morgan fingerprint density at radius 3 is 2.49 bits per heavy atom. The number of aromatic nitrogens is 3. The summed E-state index contributed by atoms with van der Waals surface area (Å²) in [7, 11) is 1.61. The van der Waals surface area contributed by atoms with Gasteiger partial charge in [-0.2, -0.15) is 5.10 Å². The number of benzene rings is 1. The van der Waals surface area contributed by atoms with Crippen molar-refractivity contribution in [2.75, 3.05) is 17.9 Å². The van der Waals surface area contributed by atoms with Crippen molar-refractivity contribution in [3.8, 4) is 5.75 Å². The van der Waals surface area contributed by atoms with E-state index in [2.05, 4.69) is 21.2 Å². The topological polar surface area (TPSA) is 129 Å². The average molecular weight is 483 g/mol. The van der Waals surface area contributed by atoms with E-state index in [-0.39, 0.29) is 5.69 Å². The van der Waals surface area contributed by atoms with Gasteiger partial charge in [-0.3, -0.25) is 24.4 Å². The van der Waals surface area contributed by atoms with Crippen molar-refractivity contribution in [2.24, 2.45) is 0 Å². The monoisotopic (exact) mass is 482 g/mol. The summed E-state index contributed by atoms with van der Waals surface area (Å²) in [5.41, 5.74) is 3.63. The second-order valence-corrected chi connectivity index (χ2v) is 8.84. The van der Waals surface area contributed by atoms with Crippen molar-refractivity contribution < 1.29 is 23.9 Å². The number of carbonyl (C=O) groups is 3. The molecule has 0 radical (unpaired) electrons. The van der Waals surface area contributed by atoms with E-state index >= 15 is 0 Å². The first-order valence-electron chi connectivity index (χ1n) is 11.0. The van der Waals surface area contributed by atoms with Crippen LogP contribution in [0.25, 0.3) is 0 Å². The number of anilines is 1. The normalized spacial score (nSPS) is 11.9. The van der Waals surface area contributed by atoms with E-state index < -0.39 is 29.6 Å². The van der Waals surface area contributed by atoms with Crippen molar-refractivity contribution in [3.63, 3.8) is 0 Å². The van der Waals surface area contributed by atoms with Crippen LogP contribution < -0.4 is 20.8 Å². The third-order valence-electron chi connectivity index (χ3n) is 4.73. The minimum absolute atomic E-state index is 0.200. The molecule has 3 rings (SSSR count). The number of hydrogen-bond donors (Lipinski definition) is 3. The molecule has 3 amide bonds. The van der Waals surface area contributed by atoms with Crippen LogP contribution in [0.1, 0.15) is 43.7 Å². The van der Waals surface area contributed by atoms with E-state index in [9.17, 15) is 14.4 Å². The molecule has 0 bridgehead atoms. The van der Waals surface area contributed by atoms with E-state index in [1.165, 1.54) is 17.8 Å². The lowest BCUT2D eigenvalue weighted by atomic mass is 10.2. The molecule has 1 atom stereocenters. The van der Waals surface area contributed by atoms with Gasteiger partial charge in [0.05, 0.1) is 25.5 Å². The Morgan fingerprint density at radius 2 is 1.83 bits per heavy atom. The maximum atomic E-state index is 12.8. The fourth-order valence-corrected chi connectivity index (χ4v) is 3.06. The fourth-order valence-electron chi connectivity index (χ4n) is 3.06. The van der Waals surface area contributed by atoms with E-state index in [1.54, 1.807) is 57.1 Å². The van der Waals surface area contributed by atoms with Gasteiger partial charge in [0.25, 0.3) is 11.8 Å². The summed E-state index contributed by atoms with van der Waals surface area (Å²) in [6, 6.07) is 9.90. The molecule has 0 spiro atoms. The SMILES string of the molecule is COc1ccc(Cn2cc(NC(=O)c3cccn3NC(=O)[C@H](C)NC(=O)OC(C)(C)C)cn2)cc1. The lowest BCUT2D eigenvalue weighted by Crippen LogP contribution is -2.46. The van der Waals surface area contributed by atoms with Crippen molar-refractivity contribution in [1.29, 1.82) is 0 Å². The summed E-state index contributed by atoms with van der Waals surface area (Å²) in [5, 5.41) is 9.50. The average Bonchev–Trinajstić information content (AvgIpc) is 3.42. The third-order valence-corrected chi connectivity index (χ3v) is 4.73. The van der Waals surface area contributed by atoms with E-state index in [4.69, 9.17) is 9.47 Å². The van der Waals surface area contributed by atoms with Gasteiger partial charge < -0.3 is 20.1 Å². The van der Waals surface area contributed by atoms with Gasteiger partial charge in [-0.1, -0.05) is 12.1 Å². The Hall–Kier alpha value is -4.28. The van der Waals surface area contributed by atoms with Crippen LogP contribution >= 0.6 is 0 Å². The summed E-state index contributed by atoms with van der Waals surface area (Å²) in [6.45, 7) is 7.22. The Labute approximate surface area is 203 Å².